The summed E-state index contributed by atoms with van der Waals surface area (Å²) in [6, 6.07) is 24.8. The van der Waals surface area contributed by atoms with Crippen LogP contribution in [0.3, 0.4) is 0 Å². The van der Waals surface area contributed by atoms with Crippen LogP contribution in [0.4, 0.5) is 0 Å². The number of hydrogen-bond donors (Lipinski definition) is 0. The van der Waals surface area contributed by atoms with E-state index >= 15 is 0 Å². The van der Waals surface area contributed by atoms with E-state index in [0.29, 0.717) is 30.6 Å². The molecular formula is C27H24N2O5. The van der Waals surface area contributed by atoms with Crippen LogP contribution in [0, 0.1) is 0 Å². The SMILES string of the molecule is CCOc1cc(C=CC(=O)OCc2nnc(-c3ccccc3)o2)ccc1OCc1ccccc1. The minimum Gasteiger partial charge on any atom is -0.490 e. The average Bonchev–Trinajstić information content (AvgIpc) is 3.36. The molecule has 7 nitrogen and oxygen atoms in total. The van der Waals surface area contributed by atoms with Gasteiger partial charge in [0.15, 0.2) is 18.1 Å². The quantitative estimate of drug-likeness (QED) is 0.231. The first-order chi connectivity index (χ1) is 16.7. The van der Waals surface area contributed by atoms with E-state index in [4.69, 9.17) is 18.6 Å². The highest BCUT2D eigenvalue weighted by molar-refractivity contribution is 5.87. The summed E-state index contributed by atoms with van der Waals surface area (Å²) in [7, 11) is 0. The lowest BCUT2D eigenvalue weighted by atomic mass is 10.2. The van der Waals surface area contributed by atoms with Crippen LogP contribution >= 0.6 is 0 Å². The molecule has 7 heteroatoms. The second-order valence-corrected chi connectivity index (χ2v) is 7.22. The van der Waals surface area contributed by atoms with Crippen molar-refractivity contribution >= 4 is 12.0 Å². The zero-order valence-electron chi connectivity index (χ0n) is 18.7. The molecule has 34 heavy (non-hydrogen) atoms. The lowest BCUT2D eigenvalue weighted by molar-refractivity contribution is -0.139. The van der Waals surface area contributed by atoms with E-state index in [9.17, 15) is 4.79 Å². The summed E-state index contributed by atoms with van der Waals surface area (Å²) in [5, 5.41) is 7.89. The fraction of sp³-hybridized carbons (Fsp3) is 0.148. The van der Waals surface area contributed by atoms with Crippen molar-refractivity contribution in [1.29, 1.82) is 0 Å². The average molecular weight is 456 g/mol. The summed E-state index contributed by atoms with van der Waals surface area (Å²) in [6.07, 6.45) is 2.99. The van der Waals surface area contributed by atoms with Gasteiger partial charge < -0.3 is 18.6 Å². The van der Waals surface area contributed by atoms with Crippen molar-refractivity contribution in [3.05, 3.63) is 102 Å². The molecule has 172 valence electrons. The van der Waals surface area contributed by atoms with Crippen molar-refractivity contribution in [2.24, 2.45) is 0 Å². The molecule has 0 atom stereocenters. The number of ether oxygens (including phenoxy) is 3. The van der Waals surface area contributed by atoms with E-state index in [2.05, 4.69) is 10.2 Å². The summed E-state index contributed by atoms with van der Waals surface area (Å²) < 4.78 is 22.4. The Morgan fingerprint density at radius 1 is 0.882 bits per heavy atom. The van der Waals surface area contributed by atoms with E-state index in [1.807, 2.05) is 85.8 Å². The van der Waals surface area contributed by atoms with Gasteiger partial charge in [0.05, 0.1) is 6.61 Å². The van der Waals surface area contributed by atoms with E-state index in [1.165, 1.54) is 6.08 Å². The van der Waals surface area contributed by atoms with Crippen molar-refractivity contribution in [2.45, 2.75) is 20.1 Å². The Labute approximate surface area is 197 Å². The van der Waals surface area contributed by atoms with Crippen LogP contribution in [-0.4, -0.2) is 22.8 Å². The number of hydrogen-bond acceptors (Lipinski definition) is 7. The number of aromatic nitrogens is 2. The zero-order valence-corrected chi connectivity index (χ0v) is 18.7. The van der Waals surface area contributed by atoms with Gasteiger partial charge in [0, 0.05) is 11.6 Å². The Balaban J connectivity index is 1.33. The summed E-state index contributed by atoms with van der Waals surface area (Å²) in [5.41, 5.74) is 2.64. The Hall–Kier alpha value is -4.39. The molecule has 0 saturated heterocycles. The van der Waals surface area contributed by atoms with Crippen LogP contribution in [0.25, 0.3) is 17.5 Å². The molecule has 0 aliphatic carbocycles. The van der Waals surface area contributed by atoms with E-state index in [0.717, 1.165) is 16.7 Å². The molecule has 0 radical (unpaired) electrons. The monoisotopic (exact) mass is 456 g/mol. The fourth-order valence-electron chi connectivity index (χ4n) is 3.11. The highest BCUT2D eigenvalue weighted by atomic mass is 16.5. The molecule has 3 aromatic carbocycles. The van der Waals surface area contributed by atoms with Gasteiger partial charge in [0.25, 0.3) is 5.89 Å². The number of nitrogens with zero attached hydrogens (tertiary/aromatic N) is 2. The maximum Gasteiger partial charge on any atom is 0.331 e. The molecule has 1 aromatic heterocycles. The van der Waals surface area contributed by atoms with Gasteiger partial charge in [-0.05, 0) is 48.4 Å². The first-order valence-electron chi connectivity index (χ1n) is 10.9. The molecule has 0 spiro atoms. The smallest absolute Gasteiger partial charge is 0.331 e. The standard InChI is InChI=1S/C27H24N2O5/c1-2-31-24-17-20(13-15-23(24)32-18-21-9-5-3-6-10-21)14-16-26(30)33-19-25-28-29-27(34-25)22-11-7-4-8-12-22/h3-17H,2,18-19H2,1H3. The summed E-state index contributed by atoms with van der Waals surface area (Å²) in [6.45, 7) is 2.72. The predicted molar refractivity (Wildman–Crippen MR) is 127 cm³/mol. The number of esters is 1. The number of benzene rings is 3. The second kappa shape index (κ2) is 11.5. The van der Waals surface area contributed by atoms with Gasteiger partial charge in [0.2, 0.25) is 5.89 Å². The summed E-state index contributed by atoms with van der Waals surface area (Å²) in [4.78, 5) is 12.1. The van der Waals surface area contributed by atoms with Crippen LogP contribution in [0.1, 0.15) is 23.9 Å². The maximum atomic E-state index is 12.1. The van der Waals surface area contributed by atoms with Crippen molar-refractivity contribution in [1.82, 2.24) is 10.2 Å². The molecule has 0 N–H and O–H groups in total. The predicted octanol–water partition coefficient (Wildman–Crippen LogP) is 5.47. The van der Waals surface area contributed by atoms with Gasteiger partial charge >= 0.3 is 5.97 Å². The van der Waals surface area contributed by atoms with Crippen molar-refractivity contribution in [3.63, 3.8) is 0 Å². The molecule has 1 heterocycles. The van der Waals surface area contributed by atoms with E-state index < -0.39 is 5.97 Å². The van der Waals surface area contributed by atoms with Gasteiger partial charge in [-0.1, -0.05) is 54.6 Å². The minimum absolute atomic E-state index is 0.112. The van der Waals surface area contributed by atoms with Crippen molar-refractivity contribution in [3.8, 4) is 23.0 Å². The molecule has 4 rings (SSSR count). The van der Waals surface area contributed by atoms with E-state index in [1.54, 1.807) is 6.08 Å². The number of carbonyl (C=O) groups is 1. The molecular weight excluding hydrogens is 432 g/mol. The third-order valence-electron chi connectivity index (χ3n) is 4.74. The van der Waals surface area contributed by atoms with Crippen molar-refractivity contribution < 1.29 is 23.4 Å². The van der Waals surface area contributed by atoms with Crippen LogP contribution < -0.4 is 9.47 Å². The summed E-state index contributed by atoms with van der Waals surface area (Å²) in [5.74, 6) is 1.31. The summed E-state index contributed by atoms with van der Waals surface area (Å²) >= 11 is 0. The van der Waals surface area contributed by atoms with Gasteiger partial charge in [-0.25, -0.2) is 4.79 Å². The third-order valence-corrected chi connectivity index (χ3v) is 4.74. The highest BCUT2D eigenvalue weighted by Crippen LogP contribution is 2.30. The minimum atomic E-state index is -0.526. The van der Waals surface area contributed by atoms with Gasteiger partial charge in [-0.3, -0.25) is 0 Å². The van der Waals surface area contributed by atoms with Gasteiger partial charge in [-0.2, -0.15) is 0 Å². The zero-order chi connectivity index (χ0) is 23.6. The highest BCUT2D eigenvalue weighted by Gasteiger charge is 2.10. The second-order valence-electron chi connectivity index (χ2n) is 7.22. The first kappa shape index (κ1) is 22.8. The van der Waals surface area contributed by atoms with Crippen molar-refractivity contribution in [2.75, 3.05) is 6.61 Å². The van der Waals surface area contributed by atoms with Crippen LogP contribution in [-0.2, 0) is 22.7 Å². The number of rotatable bonds is 10. The van der Waals surface area contributed by atoms with E-state index in [-0.39, 0.29) is 12.5 Å². The molecule has 0 amide bonds. The Morgan fingerprint density at radius 2 is 1.65 bits per heavy atom. The Kier molecular flexibility index (Phi) is 7.69. The Morgan fingerprint density at radius 3 is 2.41 bits per heavy atom. The third kappa shape index (κ3) is 6.32. The topological polar surface area (TPSA) is 83.7 Å². The van der Waals surface area contributed by atoms with Crippen LogP contribution in [0.15, 0.2) is 89.4 Å². The van der Waals surface area contributed by atoms with Crippen LogP contribution in [0.5, 0.6) is 11.5 Å². The van der Waals surface area contributed by atoms with Gasteiger partial charge in [-0.15, -0.1) is 10.2 Å². The molecule has 4 aromatic rings. The molecule has 0 unspecified atom stereocenters. The molecule has 0 fully saturated rings. The lowest BCUT2D eigenvalue weighted by Crippen LogP contribution is -2.01. The normalized spacial score (nSPS) is 10.9. The fourth-order valence-corrected chi connectivity index (χ4v) is 3.11. The Bertz CT molecular complexity index is 1240. The number of carbonyl (C=O) groups excluding carboxylic acids is 1. The largest absolute Gasteiger partial charge is 0.490 e. The first-order valence-corrected chi connectivity index (χ1v) is 10.9. The molecule has 0 saturated carbocycles. The maximum absolute atomic E-state index is 12.1. The van der Waals surface area contributed by atoms with Gasteiger partial charge in [0.1, 0.15) is 6.61 Å². The van der Waals surface area contributed by atoms with Crippen LogP contribution in [0.2, 0.25) is 0 Å². The molecule has 0 aliphatic heterocycles. The lowest BCUT2D eigenvalue weighted by Gasteiger charge is -2.12. The molecule has 0 aliphatic rings. The molecule has 0 bridgehead atoms.